The molecular weight excluding hydrogens is 464 g/mol. The van der Waals surface area contributed by atoms with Crippen LogP contribution in [0, 0.1) is 6.92 Å². The third kappa shape index (κ3) is 6.57. The zero-order valence-corrected chi connectivity index (χ0v) is 23.5. The van der Waals surface area contributed by atoms with E-state index >= 15 is 0 Å². The van der Waals surface area contributed by atoms with Crippen molar-refractivity contribution in [2.75, 3.05) is 40.5 Å². The van der Waals surface area contributed by atoms with Gasteiger partial charge in [-0.15, -0.1) is 0 Å². The number of likely N-dealkylation sites (N-methyl/N-ethyl adjacent to an activating group) is 1. The Labute approximate surface area is 222 Å². The van der Waals surface area contributed by atoms with Crippen LogP contribution in [0.5, 0.6) is 0 Å². The third-order valence-corrected chi connectivity index (χ3v) is 8.28. The van der Waals surface area contributed by atoms with Crippen LogP contribution in [-0.4, -0.2) is 84.3 Å². The number of hydrogen-bond acceptors (Lipinski definition) is 6. The second kappa shape index (κ2) is 12.0. The van der Waals surface area contributed by atoms with Crippen molar-refractivity contribution < 1.29 is 14.3 Å². The summed E-state index contributed by atoms with van der Waals surface area (Å²) >= 11 is 0. The van der Waals surface area contributed by atoms with Crippen molar-refractivity contribution in [2.45, 2.75) is 83.4 Å². The highest BCUT2D eigenvalue weighted by Crippen LogP contribution is 2.25. The quantitative estimate of drug-likeness (QED) is 0.558. The van der Waals surface area contributed by atoms with E-state index < -0.39 is 0 Å². The van der Waals surface area contributed by atoms with Gasteiger partial charge in [0.2, 0.25) is 0 Å². The number of piperidine rings is 1. The number of methoxy groups -OCH3 is 1. The van der Waals surface area contributed by atoms with Crippen molar-refractivity contribution in [1.82, 2.24) is 19.8 Å². The summed E-state index contributed by atoms with van der Waals surface area (Å²) in [4.78, 5) is 26.8. The summed E-state index contributed by atoms with van der Waals surface area (Å²) in [6.07, 6.45) is 6.24. The van der Waals surface area contributed by atoms with Crippen molar-refractivity contribution in [2.24, 2.45) is 0 Å². The van der Waals surface area contributed by atoms with Gasteiger partial charge in [0, 0.05) is 50.1 Å². The highest BCUT2D eigenvalue weighted by atomic mass is 16.5. The first-order valence-corrected chi connectivity index (χ1v) is 13.7. The number of likely N-dealkylation sites (tertiary alicyclic amines) is 1. The van der Waals surface area contributed by atoms with Crippen LogP contribution in [0.4, 0.5) is 0 Å². The Morgan fingerprint density at radius 3 is 2.46 bits per heavy atom. The third-order valence-electron chi connectivity index (χ3n) is 8.28. The summed E-state index contributed by atoms with van der Waals surface area (Å²) in [5.74, 6) is 0.0256. The molecule has 7 heteroatoms. The van der Waals surface area contributed by atoms with E-state index in [9.17, 15) is 4.79 Å². The lowest BCUT2D eigenvalue weighted by Gasteiger charge is -2.44. The van der Waals surface area contributed by atoms with Gasteiger partial charge in [0.1, 0.15) is 12.0 Å². The first kappa shape index (κ1) is 27.7. The van der Waals surface area contributed by atoms with Crippen molar-refractivity contribution in [3.05, 3.63) is 58.7 Å². The SMILES string of the molecule is CO[C@@H]1COCC[C@@H]1N(C)C1CCN(C(=O)c2ncnc(CCc3ccc(C(C)(C)C)cc3)c2C)CC1. The highest BCUT2D eigenvalue weighted by molar-refractivity contribution is 5.93. The van der Waals surface area contributed by atoms with Crippen molar-refractivity contribution in [1.29, 1.82) is 0 Å². The molecule has 0 saturated carbocycles. The maximum atomic E-state index is 13.4. The molecule has 2 saturated heterocycles. The monoisotopic (exact) mass is 508 g/mol. The summed E-state index contributed by atoms with van der Waals surface area (Å²) in [5.41, 5.74) is 5.18. The molecule has 3 heterocycles. The first-order chi connectivity index (χ1) is 17.7. The predicted octanol–water partition coefficient (Wildman–Crippen LogP) is 4.21. The molecule has 0 unspecified atom stereocenters. The minimum atomic E-state index is 0.0256. The summed E-state index contributed by atoms with van der Waals surface area (Å²) in [7, 11) is 3.96. The number of nitrogens with zero attached hydrogens (tertiary/aromatic N) is 4. The minimum Gasteiger partial charge on any atom is -0.379 e. The van der Waals surface area contributed by atoms with Crippen molar-refractivity contribution >= 4 is 5.91 Å². The zero-order valence-electron chi connectivity index (χ0n) is 23.5. The Bertz CT molecular complexity index is 1040. The van der Waals surface area contributed by atoms with Gasteiger partial charge in [-0.2, -0.15) is 0 Å². The molecule has 0 radical (unpaired) electrons. The van der Waals surface area contributed by atoms with E-state index in [1.54, 1.807) is 13.4 Å². The molecule has 4 rings (SSSR count). The van der Waals surface area contributed by atoms with Gasteiger partial charge in [-0.1, -0.05) is 45.0 Å². The van der Waals surface area contributed by atoms with Crippen LogP contribution in [0.25, 0.3) is 0 Å². The van der Waals surface area contributed by atoms with E-state index in [1.165, 1.54) is 11.1 Å². The summed E-state index contributed by atoms with van der Waals surface area (Å²) in [6.45, 7) is 11.6. The molecule has 1 aromatic heterocycles. The number of rotatable bonds is 7. The Morgan fingerprint density at radius 1 is 1.11 bits per heavy atom. The number of carbonyl (C=O) groups is 1. The number of benzene rings is 1. The molecule has 2 aliphatic rings. The van der Waals surface area contributed by atoms with Crippen LogP contribution in [0.2, 0.25) is 0 Å². The number of hydrogen-bond donors (Lipinski definition) is 0. The van der Waals surface area contributed by atoms with Gasteiger partial charge in [0.15, 0.2) is 0 Å². The van der Waals surface area contributed by atoms with Crippen LogP contribution in [0.15, 0.2) is 30.6 Å². The van der Waals surface area contributed by atoms with Crippen LogP contribution in [0.3, 0.4) is 0 Å². The lowest BCUT2D eigenvalue weighted by molar-refractivity contribution is -0.0891. The molecule has 2 aromatic rings. The summed E-state index contributed by atoms with van der Waals surface area (Å²) in [5, 5.41) is 0. The average Bonchev–Trinajstić information content (AvgIpc) is 2.91. The number of aryl methyl sites for hydroxylation is 2. The Kier molecular flexibility index (Phi) is 8.98. The number of aromatic nitrogens is 2. The molecule has 0 N–H and O–H groups in total. The van der Waals surface area contributed by atoms with Gasteiger partial charge in [-0.3, -0.25) is 9.69 Å². The lowest BCUT2D eigenvalue weighted by Crippen LogP contribution is -2.54. The van der Waals surface area contributed by atoms with E-state index in [4.69, 9.17) is 9.47 Å². The molecule has 0 spiro atoms. The molecule has 202 valence electrons. The number of ether oxygens (including phenoxy) is 2. The van der Waals surface area contributed by atoms with Gasteiger partial charge < -0.3 is 14.4 Å². The molecule has 7 nitrogen and oxygen atoms in total. The second-order valence-electron chi connectivity index (χ2n) is 11.6. The fourth-order valence-corrected chi connectivity index (χ4v) is 5.68. The Balaban J connectivity index is 1.35. The average molecular weight is 509 g/mol. The molecule has 2 aliphatic heterocycles. The Hall–Kier alpha value is -2.35. The van der Waals surface area contributed by atoms with Gasteiger partial charge in [0.05, 0.1) is 12.7 Å². The highest BCUT2D eigenvalue weighted by Gasteiger charge is 2.35. The molecule has 2 fully saturated rings. The minimum absolute atomic E-state index is 0.0256. The van der Waals surface area contributed by atoms with Gasteiger partial charge >= 0.3 is 0 Å². The van der Waals surface area contributed by atoms with Crippen LogP contribution < -0.4 is 0 Å². The molecule has 0 bridgehead atoms. The maximum Gasteiger partial charge on any atom is 0.272 e. The molecule has 37 heavy (non-hydrogen) atoms. The van der Waals surface area contributed by atoms with E-state index in [-0.39, 0.29) is 17.4 Å². The predicted molar refractivity (Wildman–Crippen MR) is 146 cm³/mol. The molecule has 0 aliphatic carbocycles. The number of amides is 1. The van der Waals surface area contributed by atoms with E-state index in [0.29, 0.717) is 24.4 Å². The maximum absolute atomic E-state index is 13.4. The largest absolute Gasteiger partial charge is 0.379 e. The van der Waals surface area contributed by atoms with Crippen molar-refractivity contribution in [3.8, 4) is 0 Å². The fourth-order valence-electron chi connectivity index (χ4n) is 5.68. The van der Waals surface area contributed by atoms with Crippen molar-refractivity contribution in [3.63, 3.8) is 0 Å². The van der Waals surface area contributed by atoms with Gasteiger partial charge in [-0.25, -0.2) is 9.97 Å². The van der Waals surface area contributed by atoms with Gasteiger partial charge in [0.25, 0.3) is 5.91 Å². The second-order valence-corrected chi connectivity index (χ2v) is 11.6. The topological polar surface area (TPSA) is 67.8 Å². The molecule has 1 aromatic carbocycles. The fraction of sp³-hybridized carbons (Fsp3) is 0.633. The Morgan fingerprint density at radius 2 is 1.81 bits per heavy atom. The van der Waals surface area contributed by atoms with E-state index in [0.717, 1.165) is 63.1 Å². The van der Waals surface area contributed by atoms with Gasteiger partial charge in [-0.05, 0) is 62.6 Å². The zero-order chi connectivity index (χ0) is 26.6. The van der Waals surface area contributed by atoms with Crippen LogP contribution in [-0.2, 0) is 27.7 Å². The summed E-state index contributed by atoms with van der Waals surface area (Å²) in [6, 6.07) is 9.66. The number of carbonyl (C=O) groups excluding carboxylic acids is 1. The first-order valence-electron chi connectivity index (χ1n) is 13.7. The van der Waals surface area contributed by atoms with E-state index in [1.807, 2.05) is 11.8 Å². The standard InChI is InChI=1S/C30H44N4O3/c1-21-25(12-9-22-7-10-23(11-8-22)30(2,3)4)31-20-32-28(21)29(35)34-16-13-24(14-17-34)33(5)26-15-18-37-19-27(26)36-6/h7-8,10-11,20,24,26-27H,9,12-19H2,1-6H3/t26-,27+/m0/s1. The normalized spacial score (nSPS) is 21.4. The van der Waals surface area contributed by atoms with E-state index in [2.05, 4.69) is 67.0 Å². The smallest absolute Gasteiger partial charge is 0.272 e. The molecular formula is C30H44N4O3. The van der Waals surface area contributed by atoms with Crippen LogP contribution in [0.1, 0.15) is 72.9 Å². The molecule has 2 atom stereocenters. The summed E-state index contributed by atoms with van der Waals surface area (Å²) < 4.78 is 11.3. The molecule has 1 amide bonds. The lowest BCUT2D eigenvalue weighted by atomic mass is 9.86. The van der Waals surface area contributed by atoms with Crippen LogP contribution >= 0.6 is 0 Å².